The number of amides is 1. The highest BCUT2D eigenvalue weighted by Gasteiger charge is 2.09. The lowest BCUT2D eigenvalue weighted by Crippen LogP contribution is -2.34. The summed E-state index contributed by atoms with van der Waals surface area (Å²) >= 11 is 1.73. The molecule has 0 fully saturated rings. The van der Waals surface area contributed by atoms with Crippen LogP contribution in [-0.4, -0.2) is 11.9 Å². The largest absolute Gasteiger partial charge is 0.350 e. The van der Waals surface area contributed by atoms with E-state index in [1.54, 1.807) is 11.3 Å². The summed E-state index contributed by atoms with van der Waals surface area (Å²) in [5, 5.41) is 5.06. The zero-order chi connectivity index (χ0) is 12.0. The fourth-order valence-electron chi connectivity index (χ4n) is 1.52. The summed E-state index contributed by atoms with van der Waals surface area (Å²) in [5.41, 5.74) is 0.806. The second kappa shape index (κ2) is 6.48. The predicted octanol–water partition coefficient (Wildman–Crippen LogP) is 3.15. The Bertz CT molecular complexity index is 354. The van der Waals surface area contributed by atoms with Gasteiger partial charge in [0.15, 0.2) is 0 Å². The Morgan fingerprint density at radius 2 is 2.38 bits per heavy atom. The van der Waals surface area contributed by atoms with Crippen LogP contribution in [0.3, 0.4) is 0 Å². The average molecular weight is 237 g/mol. The van der Waals surface area contributed by atoms with Gasteiger partial charge in [-0.3, -0.25) is 4.79 Å². The lowest BCUT2D eigenvalue weighted by Gasteiger charge is -2.13. The summed E-state index contributed by atoms with van der Waals surface area (Å²) in [4.78, 5) is 13.0. The minimum absolute atomic E-state index is 0.0471. The molecule has 88 valence electrons. The van der Waals surface area contributed by atoms with Crippen molar-refractivity contribution in [1.29, 1.82) is 0 Å². The van der Waals surface area contributed by atoms with Gasteiger partial charge in [-0.05, 0) is 31.7 Å². The quantitative estimate of drug-likeness (QED) is 0.783. The van der Waals surface area contributed by atoms with Crippen molar-refractivity contribution in [2.75, 3.05) is 0 Å². The third-order valence-corrected chi connectivity index (χ3v) is 3.23. The standard InChI is InChI=1S/C13H19NOS/c1-4-6-10(2)13(15)14-11(3)9-12-7-5-8-16-12/h5-8,11H,4,9H2,1-3H3,(H,14,15)/b10-6+/t11-/m0/s1. The summed E-state index contributed by atoms with van der Waals surface area (Å²) in [6.45, 7) is 5.93. The lowest BCUT2D eigenvalue weighted by atomic mass is 10.2. The van der Waals surface area contributed by atoms with E-state index < -0.39 is 0 Å². The maximum absolute atomic E-state index is 11.7. The molecule has 0 aromatic carbocycles. The Hall–Kier alpha value is -1.09. The van der Waals surface area contributed by atoms with Gasteiger partial charge in [0.1, 0.15) is 0 Å². The average Bonchev–Trinajstić information content (AvgIpc) is 2.70. The molecule has 0 saturated carbocycles. The third-order valence-electron chi connectivity index (χ3n) is 2.33. The van der Waals surface area contributed by atoms with Gasteiger partial charge in [-0.25, -0.2) is 0 Å². The number of allylic oxidation sites excluding steroid dienone is 1. The number of rotatable bonds is 5. The fourth-order valence-corrected chi connectivity index (χ4v) is 2.35. The van der Waals surface area contributed by atoms with E-state index in [4.69, 9.17) is 0 Å². The van der Waals surface area contributed by atoms with Gasteiger partial charge in [-0.2, -0.15) is 0 Å². The number of hydrogen-bond acceptors (Lipinski definition) is 2. The van der Waals surface area contributed by atoms with Gasteiger partial charge >= 0.3 is 0 Å². The van der Waals surface area contributed by atoms with Crippen LogP contribution in [0.1, 0.15) is 32.1 Å². The predicted molar refractivity (Wildman–Crippen MR) is 69.7 cm³/mol. The highest BCUT2D eigenvalue weighted by atomic mass is 32.1. The molecule has 1 rings (SSSR count). The Morgan fingerprint density at radius 3 is 2.94 bits per heavy atom. The molecular formula is C13H19NOS. The van der Waals surface area contributed by atoms with Gasteiger partial charge in [0.05, 0.1) is 0 Å². The molecule has 1 aromatic heterocycles. The highest BCUT2D eigenvalue weighted by Crippen LogP contribution is 2.11. The normalized spacial score (nSPS) is 13.6. The van der Waals surface area contributed by atoms with Gasteiger partial charge in [-0.15, -0.1) is 11.3 Å². The molecule has 0 aliphatic carbocycles. The molecule has 1 heterocycles. The van der Waals surface area contributed by atoms with E-state index in [0.29, 0.717) is 0 Å². The van der Waals surface area contributed by atoms with Crippen LogP contribution < -0.4 is 5.32 Å². The molecule has 0 radical (unpaired) electrons. The fraction of sp³-hybridized carbons (Fsp3) is 0.462. The maximum atomic E-state index is 11.7. The second-order valence-electron chi connectivity index (χ2n) is 3.95. The molecule has 0 aliphatic rings. The first-order valence-corrected chi connectivity index (χ1v) is 6.51. The van der Waals surface area contributed by atoms with E-state index in [-0.39, 0.29) is 11.9 Å². The van der Waals surface area contributed by atoms with Crippen molar-refractivity contribution >= 4 is 17.2 Å². The molecule has 0 unspecified atom stereocenters. The van der Waals surface area contributed by atoms with E-state index in [0.717, 1.165) is 18.4 Å². The number of carbonyl (C=O) groups excluding carboxylic acids is 1. The van der Waals surface area contributed by atoms with Crippen molar-refractivity contribution in [2.24, 2.45) is 0 Å². The van der Waals surface area contributed by atoms with Crippen LogP contribution in [0.15, 0.2) is 29.2 Å². The number of carbonyl (C=O) groups is 1. The maximum Gasteiger partial charge on any atom is 0.246 e. The van der Waals surface area contributed by atoms with E-state index in [2.05, 4.69) is 16.8 Å². The van der Waals surface area contributed by atoms with Crippen molar-refractivity contribution in [3.63, 3.8) is 0 Å². The molecule has 0 bridgehead atoms. The number of hydrogen-bond donors (Lipinski definition) is 1. The molecule has 2 nitrogen and oxygen atoms in total. The molecule has 1 amide bonds. The first-order chi connectivity index (χ1) is 7.63. The van der Waals surface area contributed by atoms with Crippen LogP contribution in [0.25, 0.3) is 0 Å². The van der Waals surface area contributed by atoms with E-state index in [1.165, 1.54) is 4.88 Å². The first kappa shape index (κ1) is 13.0. The van der Waals surface area contributed by atoms with E-state index >= 15 is 0 Å². The molecular weight excluding hydrogens is 218 g/mol. The van der Waals surface area contributed by atoms with Gasteiger partial charge in [0, 0.05) is 22.9 Å². The van der Waals surface area contributed by atoms with Crippen LogP contribution in [-0.2, 0) is 11.2 Å². The monoisotopic (exact) mass is 237 g/mol. The van der Waals surface area contributed by atoms with Crippen LogP contribution in [0, 0.1) is 0 Å². The topological polar surface area (TPSA) is 29.1 Å². The van der Waals surface area contributed by atoms with Gasteiger partial charge < -0.3 is 5.32 Å². The molecule has 0 spiro atoms. The molecule has 16 heavy (non-hydrogen) atoms. The minimum Gasteiger partial charge on any atom is -0.350 e. The van der Waals surface area contributed by atoms with Crippen molar-refractivity contribution in [3.05, 3.63) is 34.0 Å². The lowest BCUT2D eigenvalue weighted by molar-refractivity contribution is -0.118. The Kier molecular flexibility index (Phi) is 5.26. The Labute approximate surface area is 101 Å². The number of thiophene rings is 1. The Morgan fingerprint density at radius 1 is 1.62 bits per heavy atom. The van der Waals surface area contributed by atoms with Crippen molar-refractivity contribution < 1.29 is 4.79 Å². The van der Waals surface area contributed by atoms with Gasteiger partial charge in [0.2, 0.25) is 5.91 Å². The molecule has 1 N–H and O–H groups in total. The molecule has 1 aromatic rings. The molecule has 0 aliphatic heterocycles. The molecule has 1 atom stereocenters. The zero-order valence-corrected chi connectivity index (χ0v) is 10.9. The van der Waals surface area contributed by atoms with Crippen molar-refractivity contribution in [2.45, 2.75) is 39.7 Å². The van der Waals surface area contributed by atoms with Crippen LogP contribution in [0.2, 0.25) is 0 Å². The summed E-state index contributed by atoms with van der Waals surface area (Å²) in [7, 11) is 0. The minimum atomic E-state index is 0.0471. The van der Waals surface area contributed by atoms with Crippen molar-refractivity contribution in [1.82, 2.24) is 5.32 Å². The van der Waals surface area contributed by atoms with Crippen LogP contribution in [0.4, 0.5) is 0 Å². The SMILES string of the molecule is CC/C=C(\C)C(=O)N[C@@H](C)Cc1cccs1. The van der Waals surface area contributed by atoms with Gasteiger partial charge in [0.25, 0.3) is 0 Å². The van der Waals surface area contributed by atoms with E-state index in [9.17, 15) is 4.79 Å². The van der Waals surface area contributed by atoms with Crippen LogP contribution >= 0.6 is 11.3 Å². The third kappa shape index (κ3) is 4.19. The van der Waals surface area contributed by atoms with Crippen molar-refractivity contribution in [3.8, 4) is 0 Å². The molecule has 3 heteroatoms. The molecule has 0 saturated heterocycles. The summed E-state index contributed by atoms with van der Waals surface area (Å²) in [6.07, 6.45) is 3.76. The Balaban J connectivity index is 2.42. The summed E-state index contributed by atoms with van der Waals surface area (Å²) < 4.78 is 0. The van der Waals surface area contributed by atoms with Crippen LogP contribution in [0.5, 0.6) is 0 Å². The van der Waals surface area contributed by atoms with Gasteiger partial charge in [-0.1, -0.05) is 19.1 Å². The summed E-state index contributed by atoms with van der Waals surface area (Å²) in [6, 6.07) is 4.32. The second-order valence-corrected chi connectivity index (χ2v) is 4.99. The number of nitrogens with one attached hydrogen (secondary N) is 1. The highest BCUT2D eigenvalue weighted by molar-refractivity contribution is 7.09. The first-order valence-electron chi connectivity index (χ1n) is 5.63. The smallest absolute Gasteiger partial charge is 0.246 e. The van der Waals surface area contributed by atoms with E-state index in [1.807, 2.05) is 32.9 Å². The zero-order valence-electron chi connectivity index (χ0n) is 10.1. The summed E-state index contributed by atoms with van der Waals surface area (Å²) in [5.74, 6) is 0.0471.